The van der Waals surface area contributed by atoms with Crippen LogP contribution in [0, 0.1) is 6.92 Å². The van der Waals surface area contributed by atoms with Crippen molar-refractivity contribution in [2.45, 2.75) is 46.1 Å². The summed E-state index contributed by atoms with van der Waals surface area (Å²) in [5, 5.41) is 3.29. The predicted molar refractivity (Wildman–Crippen MR) is 71.6 cm³/mol. The van der Waals surface area contributed by atoms with Gasteiger partial charge in [0.2, 0.25) is 0 Å². The first kappa shape index (κ1) is 12.1. The van der Waals surface area contributed by atoms with Gasteiger partial charge in [0.25, 0.3) is 0 Å². The van der Waals surface area contributed by atoms with Crippen LogP contribution in [0.25, 0.3) is 0 Å². The molecule has 0 bridgehead atoms. The highest BCUT2D eigenvalue weighted by atomic mass is 15.2. The molecule has 1 N–H and O–H groups in total. The standard InChI is InChI=1S/C13H22N4/c1-4-14-12-11(3)13(16-9-15-12)17-8-6-5-7-10(17)2/h9-10H,4-8H2,1-3H3,(H,14,15,16). The Bertz CT molecular complexity index is 378. The molecule has 1 aromatic rings. The molecule has 0 radical (unpaired) electrons. The fraction of sp³-hybridized carbons (Fsp3) is 0.692. The monoisotopic (exact) mass is 234 g/mol. The highest BCUT2D eigenvalue weighted by Gasteiger charge is 2.22. The molecule has 94 valence electrons. The summed E-state index contributed by atoms with van der Waals surface area (Å²) < 4.78 is 0. The van der Waals surface area contributed by atoms with E-state index in [0.717, 1.165) is 24.7 Å². The molecule has 1 aromatic heterocycles. The van der Waals surface area contributed by atoms with Gasteiger partial charge in [-0.1, -0.05) is 0 Å². The molecule has 1 fully saturated rings. The first-order valence-corrected chi connectivity index (χ1v) is 6.56. The topological polar surface area (TPSA) is 41.1 Å². The molecule has 1 aliphatic heterocycles. The van der Waals surface area contributed by atoms with Gasteiger partial charge in [0.15, 0.2) is 0 Å². The number of anilines is 2. The number of aromatic nitrogens is 2. The molecule has 2 heterocycles. The molecule has 0 aromatic carbocycles. The number of nitrogens with one attached hydrogen (secondary N) is 1. The highest BCUT2D eigenvalue weighted by molar-refractivity contribution is 5.58. The zero-order chi connectivity index (χ0) is 12.3. The predicted octanol–water partition coefficient (Wildman–Crippen LogP) is 2.60. The third-order valence-electron chi connectivity index (χ3n) is 3.48. The van der Waals surface area contributed by atoms with Gasteiger partial charge in [-0.15, -0.1) is 0 Å². The summed E-state index contributed by atoms with van der Waals surface area (Å²) in [4.78, 5) is 11.2. The summed E-state index contributed by atoms with van der Waals surface area (Å²) in [5.74, 6) is 2.07. The fourth-order valence-corrected chi connectivity index (χ4v) is 2.49. The smallest absolute Gasteiger partial charge is 0.137 e. The summed E-state index contributed by atoms with van der Waals surface area (Å²) in [6, 6.07) is 0.590. The lowest BCUT2D eigenvalue weighted by Gasteiger charge is -2.35. The Labute approximate surface area is 103 Å². The molecule has 1 saturated heterocycles. The van der Waals surface area contributed by atoms with Crippen molar-refractivity contribution < 1.29 is 0 Å². The second-order valence-electron chi connectivity index (χ2n) is 4.74. The van der Waals surface area contributed by atoms with Gasteiger partial charge < -0.3 is 10.2 Å². The average Bonchev–Trinajstić information content (AvgIpc) is 2.33. The molecule has 4 heteroatoms. The van der Waals surface area contributed by atoms with Gasteiger partial charge in [-0.25, -0.2) is 9.97 Å². The minimum Gasteiger partial charge on any atom is -0.370 e. The third kappa shape index (κ3) is 2.51. The molecule has 2 rings (SSSR count). The number of piperidine rings is 1. The van der Waals surface area contributed by atoms with E-state index in [1.807, 2.05) is 0 Å². The minimum atomic E-state index is 0.590. The molecule has 1 atom stereocenters. The lowest BCUT2D eigenvalue weighted by molar-refractivity contribution is 0.480. The Morgan fingerprint density at radius 3 is 2.94 bits per heavy atom. The molecule has 0 saturated carbocycles. The van der Waals surface area contributed by atoms with Crippen molar-refractivity contribution in [1.82, 2.24) is 9.97 Å². The molecule has 0 spiro atoms. The number of rotatable bonds is 3. The zero-order valence-corrected chi connectivity index (χ0v) is 11.0. The van der Waals surface area contributed by atoms with E-state index < -0.39 is 0 Å². The zero-order valence-electron chi connectivity index (χ0n) is 11.0. The van der Waals surface area contributed by atoms with E-state index in [1.54, 1.807) is 6.33 Å². The SMILES string of the molecule is CCNc1ncnc(N2CCCCC2C)c1C. The Morgan fingerprint density at radius 1 is 1.41 bits per heavy atom. The Balaban J connectivity index is 2.27. The van der Waals surface area contributed by atoms with Crippen LogP contribution >= 0.6 is 0 Å². The first-order chi connectivity index (χ1) is 8.24. The Hall–Kier alpha value is -1.32. The van der Waals surface area contributed by atoms with Gasteiger partial charge in [0, 0.05) is 24.7 Å². The molecule has 0 aliphatic carbocycles. The summed E-state index contributed by atoms with van der Waals surface area (Å²) >= 11 is 0. The number of hydrogen-bond acceptors (Lipinski definition) is 4. The van der Waals surface area contributed by atoms with Crippen LogP contribution in [0.5, 0.6) is 0 Å². The van der Waals surface area contributed by atoms with Crippen LogP contribution in [0.1, 0.15) is 38.7 Å². The largest absolute Gasteiger partial charge is 0.370 e. The second kappa shape index (κ2) is 5.34. The van der Waals surface area contributed by atoms with Gasteiger partial charge in [-0.3, -0.25) is 0 Å². The van der Waals surface area contributed by atoms with Gasteiger partial charge >= 0.3 is 0 Å². The molecular weight excluding hydrogens is 212 g/mol. The first-order valence-electron chi connectivity index (χ1n) is 6.56. The molecule has 4 nitrogen and oxygen atoms in total. The summed E-state index contributed by atoms with van der Waals surface area (Å²) in [7, 11) is 0. The maximum atomic E-state index is 4.47. The van der Waals surface area contributed by atoms with Crippen LogP contribution in [-0.2, 0) is 0 Å². The molecule has 1 aliphatic rings. The lowest BCUT2D eigenvalue weighted by atomic mass is 10.0. The van der Waals surface area contributed by atoms with E-state index in [2.05, 4.69) is 41.0 Å². The fourth-order valence-electron chi connectivity index (χ4n) is 2.49. The maximum absolute atomic E-state index is 4.47. The van der Waals surface area contributed by atoms with E-state index in [9.17, 15) is 0 Å². The molecular formula is C13H22N4. The third-order valence-corrected chi connectivity index (χ3v) is 3.48. The van der Waals surface area contributed by atoms with Crippen molar-refractivity contribution in [3.8, 4) is 0 Å². The second-order valence-corrected chi connectivity index (χ2v) is 4.74. The number of nitrogens with zero attached hydrogens (tertiary/aromatic N) is 3. The van der Waals surface area contributed by atoms with Crippen LogP contribution in [0.2, 0.25) is 0 Å². The van der Waals surface area contributed by atoms with Crippen molar-refractivity contribution in [2.75, 3.05) is 23.3 Å². The van der Waals surface area contributed by atoms with E-state index in [0.29, 0.717) is 6.04 Å². The maximum Gasteiger partial charge on any atom is 0.137 e. The highest BCUT2D eigenvalue weighted by Crippen LogP contribution is 2.27. The van der Waals surface area contributed by atoms with E-state index in [4.69, 9.17) is 0 Å². The van der Waals surface area contributed by atoms with Gasteiger partial charge in [-0.2, -0.15) is 0 Å². The van der Waals surface area contributed by atoms with Gasteiger partial charge in [-0.05, 0) is 40.0 Å². The van der Waals surface area contributed by atoms with Crippen LogP contribution in [0.3, 0.4) is 0 Å². The van der Waals surface area contributed by atoms with Crippen LogP contribution in [-0.4, -0.2) is 29.1 Å². The minimum absolute atomic E-state index is 0.590. The lowest BCUT2D eigenvalue weighted by Crippen LogP contribution is -2.38. The van der Waals surface area contributed by atoms with Crippen LogP contribution in [0.4, 0.5) is 11.6 Å². The van der Waals surface area contributed by atoms with E-state index in [-0.39, 0.29) is 0 Å². The molecule has 17 heavy (non-hydrogen) atoms. The summed E-state index contributed by atoms with van der Waals surface area (Å²) in [6.45, 7) is 8.49. The van der Waals surface area contributed by atoms with Crippen molar-refractivity contribution in [3.05, 3.63) is 11.9 Å². The summed E-state index contributed by atoms with van der Waals surface area (Å²) in [5.41, 5.74) is 1.17. The van der Waals surface area contributed by atoms with Crippen LogP contribution in [0.15, 0.2) is 6.33 Å². The van der Waals surface area contributed by atoms with Crippen molar-refractivity contribution in [1.29, 1.82) is 0 Å². The van der Waals surface area contributed by atoms with Crippen LogP contribution < -0.4 is 10.2 Å². The quantitative estimate of drug-likeness (QED) is 0.872. The Morgan fingerprint density at radius 2 is 2.24 bits per heavy atom. The Kier molecular flexibility index (Phi) is 3.82. The van der Waals surface area contributed by atoms with Gasteiger partial charge in [0.1, 0.15) is 18.0 Å². The normalized spacial score (nSPS) is 20.4. The summed E-state index contributed by atoms with van der Waals surface area (Å²) in [6.07, 6.45) is 5.54. The molecule has 1 unspecified atom stereocenters. The van der Waals surface area contributed by atoms with Crippen molar-refractivity contribution in [3.63, 3.8) is 0 Å². The van der Waals surface area contributed by atoms with E-state index in [1.165, 1.54) is 24.8 Å². The average molecular weight is 234 g/mol. The number of hydrogen-bond donors (Lipinski definition) is 1. The molecule has 0 amide bonds. The van der Waals surface area contributed by atoms with Gasteiger partial charge in [0.05, 0.1) is 0 Å². The van der Waals surface area contributed by atoms with E-state index >= 15 is 0 Å². The van der Waals surface area contributed by atoms with Crippen molar-refractivity contribution in [2.24, 2.45) is 0 Å². The van der Waals surface area contributed by atoms with Crippen molar-refractivity contribution >= 4 is 11.6 Å².